The van der Waals surface area contributed by atoms with Crippen molar-refractivity contribution < 1.29 is 9.90 Å². The second kappa shape index (κ2) is 4.25. The Kier molecular flexibility index (Phi) is 3.26. The van der Waals surface area contributed by atoms with Gasteiger partial charge >= 0.3 is 5.97 Å². The number of carboxylic acid groups (broad SMARTS) is 1. The Balaban J connectivity index is 3.27. The highest BCUT2D eigenvalue weighted by atomic mass is 79.9. The van der Waals surface area contributed by atoms with E-state index in [0.717, 1.165) is 5.56 Å². The van der Waals surface area contributed by atoms with E-state index in [-0.39, 0.29) is 12.0 Å². The second-order valence-corrected chi connectivity index (χ2v) is 3.64. The van der Waals surface area contributed by atoms with Crippen LogP contribution in [0.2, 0.25) is 0 Å². The van der Waals surface area contributed by atoms with Crippen LogP contribution < -0.4 is 0 Å². The minimum Gasteiger partial charge on any atom is -0.478 e. The van der Waals surface area contributed by atoms with E-state index in [1.165, 1.54) is 6.07 Å². The average Bonchev–Trinajstić information content (AvgIpc) is 2.13. The fraction of sp³-hybridized carbons (Fsp3) is 0.200. The molecule has 0 unspecified atom stereocenters. The fourth-order valence-corrected chi connectivity index (χ4v) is 1.68. The standard InChI is InChI=1S/C10H8BrNO2/c1-6-8(10(13)14)3-2-7(4-5-12)9(6)11/h2-3H,4H2,1H3,(H,13,14). The molecule has 0 aliphatic carbocycles. The topological polar surface area (TPSA) is 61.1 Å². The van der Waals surface area contributed by atoms with Crippen molar-refractivity contribution in [3.05, 3.63) is 33.3 Å². The van der Waals surface area contributed by atoms with Gasteiger partial charge in [-0.15, -0.1) is 0 Å². The summed E-state index contributed by atoms with van der Waals surface area (Å²) in [6.45, 7) is 1.72. The van der Waals surface area contributed by atoms with Gasteiger partial charge in [-0.3, -0.25) is 0 Å². The summed E-state index contributed by atoms with van der Waals surface area (Å²) in [6, 6.07) is 5.20. The quantitative estimate of drug-likeness (QED) is 0.881. The van der Waals surface area contributed by atoms with Gasteiger partial charge in [-0.05, 0) is 24.1 Å². The third kappa shape index (κ3) is 1.94. The molecule has 1 N–H and O–H groups in total. The molecule has 0 aromatic heterocycles. The van der Waals surface area contributed by atoms with Crippen molar-refractivity contribution in [3.63, 3.8) is 0 Å². The Morgan fingerprint density at radius 3 is 2.79 bits per heavy atom. The van der Waals surface area contributed by atoms with Crippen molar-refractivity contribution in [3.8, 4) is 6.07 Å². The number of nitriles is 1. The van der Waals surface area contributed by atoms with E-state index in [2.05, 4.69) is 15.9 Å². The lowest BCUT2D eigenvalue weighted by molar-refractivity contribution is 0.0696. The Morgan fingerprint density at radius 2 is 2.29 bits per heavy atom. The van der Waals surface area contributed by atoms with Crippen LogP contribution >= 0.6 is 15.9 Å². The van der Waals surface area contributed by atoms with E-state index in [9.17, 15) is 4.79 Å². The largest absolute Gasteiger partial charge is 0.478 e. The molecular weight excluding hydrogens is 246 g/mol. The lowest BCUT2D eigenvalue weighted by Crippen LogP contribution is -2.01. The second-order valence-electron chi connectivity index (χ2n) is 2.85. The number of hydrogen-bond donors (Lipinski definition) is 1. The maximum atomic E-state index is 10.8. The molecule has 1 aromatic carbocycles. The van der Waals surface area contributed by atoms with Gasteiger partial charge in [-0.25, -0.2) is 4.79 Å². The zero-order chi connectivity index (χ0) is 10.7. The lowest BCUT2D eigenvalue weighted by atomic mass is 10.0. The fourth-order valence-electron chi connectivity index (χ4n) is 1.19. The molecule has 0 aliphatic heterocycles. The van der Waals surface area contributed by atoms with E-state index < -0.39 is 5.97 Å². The van der Waals surface area contributed by atoms with E-state index in [0.29, 0.717) is 10.0 Å². The van der Waals surface area contributed by atoms with E-state index in [1.54, 1.807) is 13.0 Å². The normalized spacial score (nSPS) is 9.50. The van der Waals surface area contributed by atoms with E-state index in [4.69, 9.17) is 10.4 Å². The van der Waals surface area contributed by atoms with Crippen LogP contribution in [-0.4, -0.2) is 11.1 Å². The highest BCUT2D eigenvalue weighted by Crippen LogP contribution is 2.24. The summed E-state index contributed by atoms with van der Waals surface area (Å²) in [6.07, 6.45) is 0.279. The van der Waals surface area contributed by atoms with Crippen molar-refractivity contribution in [2.45, 2.75) is 13.3 Å². The number of nitrogens with zero attached hydrogens (tertiary/aromatic N) is 1. The molecule has 0 fully saturated rings. The van der Waals surface area contributed by atoms with E-state index >= 15 is 0 Å². The lowest BCUT2D eigenvalue weighted by Gasteiger charge is -2.06. The maximum Gasteiger partial charge on any atom is 0.335 e. The van der Waals surface area contributed by atoms with Crippen LogP contribution in [0.4, 0.5) is 0 Å². The molecule has 0 heterocycles. The molecule has 0 radical (unpaired) electrons. The zero-order valence-corrected chi connectivity index (χ0v) is 9.13. The van der Waals surface area contributed by atoms with Crippen LogP contribution in [0.15, 0.2) is 16.6 Å². The first-order valence-electron chi connectivity index (χ1n) is 3.96. The molecule has 0 spiro atoms. The number of halogens is 1. The van der Waals surface area contributed by atoms with Crippen molar-refractivity contribution in [1.82, 2.24) is 0 Å². The van der Waals surface area contributed by atoms with Gasteiger partial charge in [-0.2, -0.15) is 5.26 Å². The summed E-state index contributed by atoms with van der Waals surface area (Å²) in [4.78, 5) is 10.8. The van der Waals surface area contributed by atoms with Crippen molar-refractivity contribution in [1.29, 1.82) is 5.26 Å². The van der Waals surface area contributed by atoms with Gasteiger partial charge in [0.15, 0.2) is 0 Å². The molecule has 72 valence electrons. The number of aromatic carboxylic acids is 1. The number of benzene rings is 1. The smallest absolute Gasteiger partial charge is 0.335 e. The SMILES string of the molecule is Cc1c(C(=O)O)ccc(CC#N)c1Br. The summed E-state index contributed by atoms with van der Waals surface area (Å²) < 4.78 is 0.707. The Bertz CT molecular complexity index is 421. The summed E-state index contributed by atoms with van der Waals surface area (Å²) >= 11 is 3.29. The van der Waals surface area contributed by atoms with Gasteiger partial charge in [0, 0.05) is 4.47 Å². The molecule has 14 heavy (non-hydrogen) atoms. The van der Waals surface area contributed by atoms with Gasteiger partial charge in [0.1, 0.15) is 0 Å². The summed E-state index contributed by atoms with van der Waals surface area (Å²) in [5.74, 6) is -0.952. The highest BCUT2D eigenvalue weighted by molar-refractivity contribution is 9.10. The first-order valence-corrected chi connectivity index (χ1v) is 4.75. The molecule has 0 amide bonds. The molecule has 3 nitrogen and oxygen atoms in total. The predicted molar refractivity (Wildman–Crippen MR) is 55.2 cm³/mol. The van der Waals surface area contributed by atoms with Crippen molar-refractivity contribution in [2.75, 3.05) is 0 Å². The third-order valence-corrected chi connectivity index (χ3v) is 3.07. The van der Waals surface area contributed by atoms with Crippen LogP contribution in [0.5, 0.6) is 0 Å². The number of rotatable bonds is 2. The minimum absolute atomic E-state index is 0.263. The summed E-state index contributed by atoms with van der Waals surface area (Å²) in [5, 5.41) is 17.4. The Hall–Kier alpha value is -1.34. The van der Waals surface area contributed by atoms with E-state index in [1.807, 2.05) is 6.07 Å². The van der Waals surface area contributed by atoms with Crippen LogP contribution in [-0.2, 0) is 6.42 Å². The molecule has 0 saturated carbocycles. The molecule has 0 atom stereocenters. The van der Waals surface area contributed by atoms with Gasteiger partial charge in [0.2, 0.25) is 0 Å². The van der Waals surface area contributed by atoms with Crippen molar-refractivity contribution >= 4 is 21.9 Å². The first kappa shape index (κ1) is 10.7. The van der Waals surface area contributed by atoms with Crippen molar-refractivity contribution in [2.24, 2.45) is 0 Å². The zero-order valence-electron chi connectivity index (χ0n) is 7.54. The number of hydrogen-bond acceptors (Lipinski definition) is 2. The average molecular weight is 254 g/mol. The van der Waals surface area contributed by atoms with Gasteiger partial charge in [0.05, 0.1) is 18.1 Å². The third-order valence-electron chi connectivity index (χ3n) is 1.97. The Labute approximate surface area is 90.1 Å². The predicted octanol–water partition coefficient (Wildman–Crippen LogP) is 2.52. The van der Waals surface area contributed by atoms with Gasteiger partial charge in [0.25, 0.3) is 0 Å². The molecule has 0 aliphatic rings. The minimum atomic E-state index is -0.952. The molecule has 1 rings (SSSR count). The molecule has 4 heteroatoms. The maximum absolute atomic E-state index is 10.8. The van der Waals surface area contributed by atoms with Crippen LogP contribution in [0.3, 0.4) is 0 Å². The summed E-state index contributed by atoms with van der Waals surface area (Å²) in [5.41, 5.74) is 1.74. The van der Waals surface area contributed by atoms with Crippen LogP contribution in [0.25, 0.3) is 0 Å². The molecular formula is C10H8BrNO2. The number of carbonyl (C=O) groups is 1. The monoisotopic (exact) mass is 253 g/mol. The molecule has 0 saturated heterocycles. The number of carboxylic acids is 1. The molecule has 1 aromatic rings. The molecule has 0 bridgehead atoms. The summed E-state index contributed by atoms with van der Waals surface area (Å²) in [7, 11) is 0. The van der Waals surface area contributed by atoms with Gasteiger partial charge < -0.3 is 5.11 Å². The van der Waals surface area contributed by atoms with Crippen LogP contribution in [0.1, 0.15) is 21.5 Å². The van der Waals surface area contributed by atoms with Gasteiger partial charge in [-0.1, -0.05) is 22.0 Å². The first-order chi connectivity index (χ1) is 6.57. The van der Waals surface area contributed by atoms with Crippen LogP contribution in [0, 0.1) is 18.3 Å². The highest BCUT2D eigenvalue weighted by Gasteiger charge is 2.11. The Morgan fingerprint density at radius 1 is 1.64 bits per heavy atom.